The number of Topliss-reactive ketones (excluding diaryl/α,β-unsaturated/α-hetero) is 1. The van der Waals surface area contributed by atoms with Gasteiger partial charge in [-0.1, -0.05) is 18.7 Å². The van der Waals surface area contributed by atoms with Gasteiger partial charge in [0.15, 0.2) is 24.6 Å². The van der Waals surface area contributed by atoms with Crippen LogP contribution < -0.4 is 4.74 Å². The Morgan fingerprint density at radius 3 is 2.74 bits per heavy atom. The van der Waals surface area contributed by atoms with Crippen molar-refractivity contribution in [2.75, 3.05) is 34.0 Å². The lowest BCUT2D eigenvalue weighted by atomic mass is 9.94. The third-order valence-corrected chi connectivity index (χ3v) is 7.59. The number of carbonyl (C=O) groups is 1. The summed E-state index contributed by atoms with van der Waals surface area (Å²) in [6.07, 6.45) is -1.81. The fourth-order valence-corrected chi connectivity index (χ4v) is 5.55. The zero-order valence-corrected chi connectivity index (χ0v) is 22.7. The molecule has 10 heteroatoms. The van der Waals surface area contributed by atoms with Gasteiger partial charge in [-0.3, -0.25) is 9.69 Å². The molecule has 0 amide bonds. The summed E-state index contributed by atoms with van der Waals surface area (Å²) in [6.45, 7) is 10.3. The summed E-state index contributed by atoms with van der Waals surface area (Å²) < 4.78 is 35.2. The third-order valence-electron chi connectivity index (χ3n) is 7.59. The van der Waals surface area contributed by atoms with E-state index in [2.05, 4.69) is 11.5 Å². The molecule has 1 aromatic carbocycles. The van der Waals surface area contributed by atoms with Gasteiger partial charge in [-0.15, -0.1) is 0 Å². The molecule has 0 aliphatic carbocycles. The number of ether oxygens (including phenoxy) is 6. The van der Waals surface area contributed by atoms with Crippen molar-refractivity contribution in [3.8, 4) is 5.75 Å². The number of rotatable bonds is 10. The van der Waals surface area contributed by atoms with E-state index in [9.17, 15) is 15.0 Å². The van der Waals surface area contributed by atoms with E-state index in [1.165, 1.54) is 7.11 Å². The SMILES string of the molecule is C=C(C(=O)c1c(C)cccc1OC)/C(O)=C(\C)[C@H](CCO)O[C@H]1C[C@H]2[C@H](O[C@@H]3[C@@H](OC)OCCN32)[C@H](C)O1. The molecule has 10 nitrogen and oxygen atoms in total. The standard InChI is InChI=1S/C28H39NO9/c1-15-8-7-9-21(33-5)23(15)25(32)17(3)24(31)16(2)20(10-12-30)37-22-14-19-26(18(4)36-22)38-27-28(34-6)35-13-11-29(19)27/h7-9,18-20,22,26-28,30-31H,3,10-14H2,1-2,4-6H3/b24-16-/t18-,19-,20-,22-,26+,27+,28-/m0/s1. The van der Waals surface area contributed by atoms with Crippen LogP contribution in [-0.4, -0.2) is 98.0 Å². The monoisotopic (exact) mass is 533 g/mol. The number of carbonyl (C=O) groups excluding carboxylic acids is 1. The number of hydrogen-bond donors (Lipinski definition) is 2. The molecule has 38 heavy (non-hydrogen) atoms. The number of ketones is 1. The molecular formula is C28H39NO9. The van der Waals surface area contributed by atoms with E-state index >= 15 is 0 Å². The average Bonchev–Trinajstić information content (AvgIpc) is 3.30. The highest BCUT2D eigenvalue weighted by Gasteiger charge is 2.53. The van der Waals surface area contributed by atoms with Gasteiger partial charge in [-0.2, -0.15) is 0 Å². The second-order valence-corrected chi connectivity index (χ2v) is 9.91. The Bertz CT molecular complexity index is 1060. The van der Waals surface area contributed by atoms with Gasteiger partial charge in [-0.05, 0) is 38.0 Å². The summed E-state index contributed by atoms with van der Waals surface area (Å²) in [5.41, 5.74) is 1.35. The number of methoxy groups -OCH3 is 2. The Balaban J connectivity index is 1.51. The van der Waals surface area contributed by atoms with Gasteiger partial charge >= 0.3 is 0 Å². The Hall–Kier alpha value is -2.31. The van der Waals surface area contributed by atoms with Crippen LogP contribution in [0.1, 0.15) is 42.6 Å². The molecule has 3 saturated heterocycles. The molecule has 0 bridgehead atoms. The third kappa shape index (κ3) is 5.53. The topological polar surface area (TPSA) is 116 Å². The van der Waals surface area contributed by atoms with Crippen LogP contribution in [0.2, 0.25) is 0 Å². The van der Waals surface area contributed by atoms with Crippen LogP contribution in [0.25, 0.3) is 0 Å². The van der Waals surface area contributed by atoms with Gasteiger partial charge < -0.3 is 38.6 Å². The van der Waals surface area contributed by atoms with E-state index in [1.54, 1.807) is 39.2 Å². The normalized spacial score (nSPS) is 30.7. The molecule has 210 valence electrons. The minimum atomic E-state index is -0.702. The first-order valence-corrected chi connectivity index (χ1v) is 13.0. The summed E-state index contributed by atoms with van der Waals surface area (Å²) in [5, 5.41) is 20.8. The van der Waals surface area contributed by atoms with Crippen LogP contribution in [0.5, 0.6) is 5.75 Å². The highest BCUT2D eigenvalue weighted by Crippen LogP contribution is 2.39. The van der Waals surface area contributed by atoms with Crippen LogP contribution in [0.4, 0.5) is 0 Å². The van der Waals surface area contributed by atoms with Crippen molar-refractivity contribution in [3.05, 3.63) is 52.8 Å². The number of benzene rings is 1. The van der Waals surface area contributed by atoms with Gasteiger partial charge in [0.2, 0.25) is 0 Å². The van der Waals surface area contributed by atoms with Crippen LogP contribution in [-0.2, 0) is 23.7 Å². The molecule has 2 N–H and O–H groups in total. The number of aryl methyl sites for hydroxylation is 1. The maximum Gasteiger partial charge on any atom is 0.200 e. The van der Waals surface area contributed by atoms with E-state index in [0.717, 1.165) is 0 Å². The zero-order valence-electron chi connectivity index (χ0n) is 22.7. The molecule has 0 saturated carbocycles. The molecule has 0 radical (unpaired) electrons. The second kappa shape index (κ2) is 12.3. The largest absolute Gasteiger partial charge is 0.507 e. The van der Waals surface area contributed by atoms with E-state index in [-0.39, 0.29) is 48.8 Å². The number of hydrogen-bond acceptors (Lipinski definition) is 10. The average molecular weight is 534 g/mol. The van der Waals surface area contributed by atoms with Crippen molar-refractivity contribution < 1.29 is 43.4 Å². The fourth-order valence-electron chi connectivity index (χ4n) is 5.55. The minimum absolute atomic E-state index is 0.0352. The summed E-state index contributed by atoms with van der Waals surface area (Å²) in [7, 11) is 3.08. The Morgan fingerprint density at radius 2 is 2.05 bits per heavy atom. The van der Waals surface area contributed by atoms with E-state index in [4.69, 9.17) is 28.4 Å². The van der Waals surface area contributed by atoms with E-state index in [0.29, 0.717) is 42.0 Å². The predicted octanol–water partition coefficient (Wildman–Crippen LogP) is 2.88. The Kier molecular flexibility index (Phi) is 9.25. The number of allylic oxidation sites excluding steroid dienone is 1. The smallest absolute Gasteiger partial charge is 0.200 e. The van der Waals surface area contributed by atoms with Gasteiger partial charge in [-0.25, -0.2) is 0 Å². The lowest BCUT2D eigenvalue weighted by Crippen LogP contribution is -2.55. The number of morpholine rings is 1. The first-order chi connectivity index (χ1) is 18.2. The highest BCUT2D eigenvalue weighted by molar-refractivity contribution is 6.13. The molecule has 3 heterocycles. The van der Waals surface area contributed by atoms with Crippen molar-refractivity contribution in [2.24, 2.45) is 0 Å². The predicted molar refractivity (Wildman–Crippen MR) is 138 cm³/mol. The van der Waals surface area contributed by atoms with Gasteiger partial charge in [0, 0.05) is 39.1 Å². The highest BCUT2D eigenvalue weighted by atomic mass is 16.7. The molecule has 0 spiro atoms. The Labute approximate surface area is 223 Å². The lowest BCUT2D eigenvalue weighted by molar-refractivity contribution is -0.252. The summed E-state index contributed by atoms with van der Waals surface area (Å²) in [5.74, 6) is -0.320. The van der Waals surface area contributed by atoms with E-state index < -0.39 is 24.5 Å². The zero-order chi connectivity index (χ0) is 27.6. The number of nitrogens with zero attached hydrogens (tertiary/aromatic N) is 1. The van der Waals surface area contributed by atoms with Crippen molar-refractivity contribution in [1.82, 2.24) is 4.90 Å². The van der Waals surface area contributed by atoms with Gasteiger partial charge in [0.1, 0.15) is 17.6 Å². The van der Waals surface area contributed by atoms with E-state index in [1.807, 2.05) is 6.92 Å². The lowest BCUT2D eigenvalue weighted by Gasteiger charge is -2.41. The van der Waals surface area contributed by atoms with Crippen LogP contribution >= 0.6 is 0 Å². The molecular weight excluding hydrogens is 494 g/mol. The molecule has 1 aromatic rings. The molecule has 3 fully saturated rings. The summed E-state index contributed by atoms with van der Waals surface area (Å²) in [4.78, 5) is 15.5. The number of fused-ring (bicyclic) bond motifs is 3. The minimum Gasteiger partial charge on any atom is -0.507 e. The quantitative estimate of drug-likeness (QED) is 0.201. The van der Waals surface area contributed by atoms with Crippen LogP contribution in [0.15, 0.2) is 41.7 Å². The van der Waals surface area contributed by atoms with Crippen molar-refractivity contribution in [3.63, 3.8) is 0 Å². The first-order valence-electron chi connectivity index (χ1n) is 13.0. The molecule has 3 aliphatic heterocycles. The van der Waals surface area contributed by atoms with Crippen LogP contribution in [0.3, 0.4) is 0 Å². The number of aliphatic hydroxyl groups excluding tert-OH is 2. The first kappa shape index (κ1) is 28.7. The number of aliphatic hydroxyl groups is 2. The van der Waals surface area contributed by atoms with Crippen molar-refractivity contribution in [1.29, 1.82) is 0 Å². The summed E-state index contributed by atoms with van der Waals surface area (Å²) >= 11 is 0. The van der Waals surface area contributed by atoms with Crippen molar-refractivity contribution >= 4 is 5.78 Å². The molecule has 0 unspecified atom stereocenters. The Morgan fingerprint density at radius 1 is 1.29 bits per heavy atom. The maximum atomic E-state index is 13.3. The maximum absolute atomic E-state index is 13.3. The van der Waals surface area contributed by atoms with Crippen LogP contribution in [0, 0.1) is 6.92 Å². The van der Waals surface area contributed by atoms with Gasteiger partial charge in [0.25, 0.3) is 0 Å². The molecule has 0 aromatic heterocycles. The van der Waals surface area contributed by atoms with Gasteiger partial charge in [0.05, 0.1) is 37.1 Å². The molecule has 4 rings (SSSR count). The molecule has 3 aliphatic rings. The second-order valence-electron chi connectivity index (χ2n) is 9.91. The van der Waals surface area contributed by atoms with Crippen molar-refractivity contribution in [2.45, 2.75) is 76.8 Å². The molecule has 7 atom stereocenters. The summed E-state index contributed by atoms with van der Waals surface area (Å²) in [6, 6.07) is 5.31. The fraction of sp³-hybridized carbons (Fsp3) is 0.607.